The summed E-state index contributed by atoms with van der Waals surface area (Å²) >= 11 is 1.82. The third-order valence-corrected chi connectivity index (χ3v) is 5.12. The first-order valence-electron chi connectivity index (χ1n) is 8.17. The third-order valence-electron chi connectivity index (χ3n) is 3.99. The van der Waals surface area contributed by atoms with E-state index in [-0.39, 0.29) is 41.4 Å². The van der Waals surface area contributed by atoms with Crippen molar-refractivity contribution in [3.63, 3.8) is 0 Å². The van der Waals surface area contributed by atoms with Gasteiger partial charge in [0.1, 0.15) is 11.5 Å². The van der Waals surface area contributed by atoms with Gasteiger partial charge in [-0.2, -0.15) is 11.8 Å². The fraction of sp³-hybridized carbons (Fsp3) is 0.333. The minimum absolute atomic E-state index is 0. The number of hydrogen-bond acceptors (Lipinski definition) is 4. The lowest BCUT2D eigenvalue weighted by Gasteiger charge is -2.22. The number of benzene rings is 1. The summed E-state index contributed by atoms with van der Waals surface area (Å²) in [5, 5.41) is 6.01. The Bertz CT molecular complexity index is 792. The first-order chi connectivity index (χ1) is 12.1. The Morgan fingerprint density at radius 3 is 2.77 bits per heavy atom. The van der Waals surface area contributed by atoms with Gasteiger partial charge in [0.05, 0.1) is 6.54 Å². The molecule has 1 aliphatic heterocycles. The van der Waals surface area contributed by atoms with Crippen LogP contribution in [0.1, 0.15) is 12.0 Å². The third kappa shape index (κ3) is 5.59. The number of aromatic nitrogens is 1. The monoisotopic (exact) mass is 397 g/mol. The lowest BCUT2D eigenvalue weighted by atomic mass is 10.2. The summed E-state index contributed by atoms with van der Waals surface area (Å²) in [7, 11) is 0. The van der Waals surface area contributed by atoms with Crippen molar-refractivity contribution in [2.45, 2.75) is 19.0 Å². The second-order valence-corrected chi connectivity index (χ2v) is 7.11. The van der Waals surface area contributed by atoms with Crippen LogP contribution in [-0.4, -0.2) is 34.6 Å². The minimum Gasteiger partial charge on any atom is -0.321 e. The SMILES string of the molecule is Cl.O=C(CC1CSCCN1)Nc1cccn(Cc2ccc(F)cc2)c1=O. The molecule has 1 saturated heterocycles. The molecule has 0 radical (unpaired) electrons. The van der Waals surface area contributed by atoms with Crippen LogP contribution in [0.3, 0.4) is 0 Å². The maximum absolute atomic E-state index is 13.0. The molecular weight excluding hydrogens is 377 g/mol. The fourth-order valence-electron chi connectivity index (χ4n) is 2.72. The largest absolute Gasteiger partial charge is 0.321 e. The molecule has 2 aromatic rings. The zero-order valence-electron chi connectivity index (χ0n) is 14.1. The van der Waals surface area contributed by atoms with Crippen molar-refractivity contribution in [3.8, 4) is 0 Å². The molecule has 3 rings (SSSR count). The van der Waals surface area contributed by atoms with Gasteiger partial charge in [-0.25, -0.2) is 4.39 Å². The van der Waals surface area contributed by atoms with E-state index in [0.717, 1.165) is 23.6 Å². The van der Waals surface area contributed by atoms with E-state index in [4.69, 9.17) is 0 Å². The molecule has 1 atom stereocenters. The van der Waals surface area contributed by atoms with E-state index < -0.39 is 0 Å². The van der Waals surface area contributed by atoms with Gasteiger partial charge >= 0.3 is 0 Å². The van der Waals surface area contributed by atoms with E-state index in [2.05, 4.69) is 10.6 Å². The highest BCUT2D eigenvalue weighted by Gasteiger charge is 2.17. The molecule has 0 aliphatic carbocycles. The van der Waals surface area contributed by atoms with E-state index in [0.29, 0.717) is 13.0 Å². The molecular formula is C18H21ClFN3O2S. The number of rotatable bonds is 5. The molecule has 2 heterocycles. The van der Waals surface area contributed by atoms with Crippen molar-refractivity contribution in [3.05, 3.63) is 64.3 Å². The summed E-state index contributed by atoms with van der Waals surface area (Å²) in [6.07, 6.45) is 2.00. The zero-order valence-corrected chi connectivity index (χ0v) is 15.7. The van der Waals surface area contributed by atoms with Gasteiger partial charge in [-0.05, 0) is 29.8 Å². The summed E-state index contributed by atoms with van der Waals surface area (Å²) in [4.78, 5) is 24.7. The van der Waals surface area contributed by atoms with Crippen LogP contribution in [-0.2, 0) is 11.3 Å². The lowest BCUT2D eigenvalue weighted by Crippen LogP contribution is -2.40. The molecule has 140 valence electrons. The second kappa shape index (κ2) is 9.75. The number of hydrogen-bond donors (Lipinski definition) is 2. The Morgan fingerprint density at radius 1 is 1.31 bits per heavy atom. The van der Waals surface area contributed by atoms with Gasteiger partial charge in [0.25, 0.3) is 5.56 Å². The molecule has 1 aromatic heterocycles. The summed E-state index contributed by atoms with van der Waals surface area (Å²) < 4.78 is 14.5. The second-order valence-electron chi connectivity index (χ2n) is 5.96. The highest BCUT2D eigenvalue weighted by Crippen LogP contribution is 2.11. The molecule has 0 saturated carbocycles. The molecule has 0 spiro atoms. The number of carbonyl (C=O) groups is 1. The Hall–Kier alpha value is -1.83. The molecule has 1 aromatic carbocycles. The van der Waals surface area contributed by atoms with Crippen LogP contribution in [0.25, 0.3) is 0 Å². The Labute approximate surface area is 161 Å². The van der Waals surface area contributed by atoms with Crippen molar-refractivity contribution < 1.29 is 9.18 Å². The van der Waals surface area contributed by atoms with Gasteiger partial charge in [0, 0.05) is 36.7 Å². The van der Waals surface area contributed by atoms with Gasteiger partial charge in [0.15, 0.2) is 0 Å². The molecule has 5 nitrogen and oxygen atoms in total. The summed E-state index contributed by atoms with van der Waals surface area (Å²) in [6.45, 7) is 1.22. The highest BCUT2D eigenvalue weighted by atomic mass is 35.5. The van der Waals surface area contributed by atoms with E-state index in [9.17, 15) is 14.0 Å². The normalized spacial score (nSPS) is 16.6. The van der Waals surface area contributed by atoms with E-state index in [1.54, 1.807) is 30.5 Å². The molecule has 0 bridgehead atoms. The van der Waals surface area contributed by atoms with Crippen LogP contribution < -0.4 is 16.2 Å². The van der Waals surface area contributed by atoms with Crippen molar-refractivity contribution in [1.29, 1.82) is 0 Å². The topological polar surface area (TPSA) is 63.1 Å². The van der Waals surface area contributed by atoms with Crippen molar-refractivity contribution in [2.24, 2.45) is 0 Å². The number of pyridine rings is 1. The number of carbonyl (C=O) groups excluding carboxylic acids is 1. The van der Waals surface area contributed by atoms with E-state index in [1.807, 2.05) is 11.8 Å². The maximum Gasteiger partial charge on any atom is 0.274 e. The van der Waals surface area contributed by atoms with Crippen LogP contribution in [0.5, 0.6) is 0 Å². The summed E-state index contributed by atoms with van der Waals surface area (Å²) in [5.41, 5.74) is 0.805. The number of nitrogens with zero attached hydrogens (tertiary/aromatic N) is 1. The van der Waals surface area contributed by atoms with E-state index in [1.165, 1.54) is 16.7 Å². The number of thioether (sulfide) groups is 1. The van der Waals surface area contributed by atoms with Crippen LogP contribution in [0.4, 0.5) is 10.1 Å². The molecule has 8 heteroatoms. The summed E-state index contributed by atoms with van der Waals surface area (Å²) in [6, 6.07) is 9.46. The molecule has 1 fully saturated rings. The van der Waals surface area contributed by atoms with Crippen LogP contribution >= 0.6 is 24.2 Å². The van der Waals surface area contributed by atoms with Crippen molar-refractivity contribution in [1.82, 2.24) is 9.88 Å². The number of nitrogens with one attached hydrogen (secondary N) is 2. The Kier molecular flexibility index (Phi) is 7.68. The molecule has 2 N–H and O–H groups in total. The summed E-state index contributed by atoms with van der Waals surface area (Å²) in [5.74, 6) is 1.48. The zero-order chi connectivity index (χ0) is 17.6. The Balaban J connectivity index is 0.00000243. The minimum atomic E-state index is -0.313. The van der Waals surface area contributed by atoms with Crippen LogP contribution in [0.15, 0.2) is 47.4 Å². The van der Waals surface area contributed by atoms with Crippen molar-refractivity contribution in [2.75, 3.05) is 23.4 Å². The number of anilines is 1. The average molecular weight is 398 g/mol. The maximum atomic E-state index is 13.0. The first kappa shape index (κ1) is 20.5. The number of halogens is 2. The molecule has 1 amide bonds. The first-order valence-corrected chi connectivity index (χ1v) is 9.32. The smallest absolute Gasteiger partial charge is 0.274 e. The molecule has 1 aliphatic rings. The lowest BCUT2D eigenvalue weighted by molar-refractivity contribution is -0.116. The van der Waals surface area contributed by atoms with Crippen LogP contribution in [0.2, 0.25) is 0 Å². The van der Waals surface area contributed by atoms with Gasteiger partial charge in [-0.1, -0.05) is 12.1 Å². The highest BCUT2D eigenvalue weighted by molar-refractivity contribution is 7.99. The van der Waals surface area contributed by atoms with Crippen molar-refractivity contribution >= 4 is 35.8 Å². The molecule has 26 heavy (non-hydrogen) atoms. The van der Waals surface area contributed by atoms with Gasteiger partial charge in [-0.3, -0.25) is 9.59 Å². The van der Waals surface area contributed by atoms with Crippen LogP contribution in [0, 0.1) is 5.82 Å². The van der Waals surface area contributed by atoms with Gasteiger partial charge in [0.2, 0.25) is 5.91 Å². The standard InChI is InChI=1S/C18H20FN3O2S.ClH/c19-14-5-3-13(4-6-14)11-22-8-1-2-16(18(22)24)21-17(23)10-15-12-25-9-7-20-15;/h1-6,8,15,20H,7,9-12H2,(H,21,23);1H. The van der Waals surface area contributed by atoms with E-state index >= 15 is 0 Å². The predicted molar refractivity (Wildman–Crippen MR) is 106 cm³/mol. The predicted octanol–water partition coefficient (Wildman–Crippen LogP) is 2.49. The van der Waals surface area contributed by atoms with Gasteiger partial charge < -0.3 is 15.2 Å². The quantitative estimate of drug-likeness (QED) is 0.813. The Morgan fingerprint density at radius 2 is 2.08 bits per heavy atom. The van der Waals surface area contributed by atoms with Gasteiger partial charge in [-0.15, -0.1) is 12.4 Å². The number of amides is 1. The fourth-order valence-corrected chi connectivity index (χ4v) is 3.67. The molecule has 1 unspecified atom stereocenters. The average Bonchev–Trinajstić information content (AvgIpc) is 2.61.